The molecule has 2 aliphatic rings. The van der Waals surface area contributed by atoms with Gasteiger partial charge in [0.1, 0.15) is 46.7 Å². The molecule has 3 atom stereocenters. The third kappa shape index (κ3) is 3.96. The van der Waals surface area contributed by atoms with Gasteiger partial charge in [0.2, 0.25) is 0 Å². The van der Waals surface area contributed by atoms with Gasteiger partial charge in [-0.05, 0) is 53.6 Å². The van der Waals surface area contributed by atoms with E-state index in [1.54, 1.807) is 36.4 Å². The monoisotopic (exact) mass is 510 g/mol. The first kappa shape index (κ1) is 23.4. The summed E-state index contributed by atoms with van der Waals surface area (Å²) in [6.07, 6.45) is -1.27. The van der Waals surface area contributed by atoms with E-state index in [1.165, 1.54) is 36.4 Å². The zero-order chi connectivity index (χ0) is 26.6. The predicted molar refractivity (Wildman–Crippen MR) is 135 cm³/mol. The van der Waals surface area contributed by atoms with Crippen molar-refractivity contribution < 1.29 is 39.5 Å². The minimum absolute atomic E-state index is 0.000667. The second-order valence-corrected chi connectivity index (χ2v) is 9.38. The molecular weight excluding hydrogens is 488 g/mol. The van der Waals surface area contributed by atoms with Crippen LogP contribution >= 0.6 is 0 Å². The summed E-state index contributed by atoms with van der Waals surface area (Å²) in [6.45, 7) is 0. The molecule has 0 radical (unpaired) electrons. The number of carbonyl (C=O) groups is 2. The molecule has 4 aromatic rings. The van der Waals surface area contributed by atoms with E-state index in [2.05, 4.69) is 0 Å². The highest BCUT2D eigenvalue weighted by Gasteiger charge is 2.43. The summed E-state index contributed by atoms with van der Waals surface area (Å²) >= 11 is 0. The lowest BCUT2D eigenvalue weighted by atomic mass is 9.83. The van der Waals surface area contributed by atoms with Crippen molar-refractivity contribution in [2.75, 3.05) is 0 Å². The summed E-state index contributed by atoms with van der Waals surface area (Å²) in [5.41, 5.74) is 2.14. The molecule has 0 aromatic heterocycles. The van der Waals surface area contributed by atoms with Gasteiger partial charge in [0.05, 0.1) is 23.5 Å². The number of benzene rings is 4. The summed E-state index contributed by atoms with van der Waals surface area (Å²) < 4.78 is 12.4. The van der Waals surface area contributed by atoms with Crippen LogP contribution in [0.5, 0.6) is 34.5 Å². The van der Waals surface area contributed by atoms with E-state index in [9.17, 15) is 30.0 Å². The van der Waals surface area contributed by atoms with Crippen molar-refractivity contribution in [1.29, 1.82) is 0 Å². The molecule has 2 aliphatic heterocycles. The number of aromatic hydroxyl groups is 4. The molecule has 4 N–H and O–H groups in total. The lowest BCUT2D eigenvalue weighted by molar-refractivity contribution is 0.0848. The molecule has 6 rings (SSSR count). The number of hydrogen-bond donors (Lipinski definition) is 4. The fraction of sp³-hybridized carbons (Fsp3) is 0.133. The number of ether oxygens (including phenoxy) is 2. The number of fused-ring (bicyclic) bond motifs is 2. The van der Waals surface area contributed by atoms with Crippen LogP contribution in [0, 0.1) is 0 Å². The van der Waals surface area contributed by atoms with E-state index in [1.807, 2.05) is 0 Å². The fourth-order valence-electron chi connectivity index (χ4n) is 5.05. The Labute approximate surface area is 217 Å². The quantitative estimate of drug-likeness (QED) is 0.271. The number of hydrogen-bond acceptors (Lipinski definition) is 8. The Morgan fingerprint density at radius 2 is 1.34 bits per heavy atom. The van der Waals surface area contributed by atoms with Crippen molar-refractivity contribution in [2.24, 2.45) is 0 Å². The lowest BCUT2D eigenvalue weighted by Gasteiger charge is -2.26. The number of rotatable bonds is 4. The first-order valence-corrected chi connectivity index (χ1v) is 12.0. The standard InChI is InChI=1S/C30H22O8/c31-17-5-1-15(2-6-17)25-13-24(35)21-12-22-27(14-26(21)37-25)38-30(16-3-7-18(32)8-4-16)28(22)29(36)20-10-9-19(33)11-23(20)34/h1-12,14,25,28,30-34H,13H2. The zero-order valence-corrected chi connectivity index (χ0v) is 19.9. The van der Waals surface area contributed by atoms with Gasteiger partial charge in [0.25, 0.3) is 0 Å². The number of phenolic OH excluding ortho intramolecular Hbond substituents is 4. The van der Waals surface area contributed by atoms with Crippen molar-refractivity contribution in [2.45, 2.75) is 24.5 Å². The van der Waals surface area contributed by atoms with Crippen LogP contribution in [0.4, 0.5) is 0 Å². The van der Waals surface area contributed by atoms with Crippen LogP contribution in [0.2, 0.25) is 0 Å². The molecule has 0 aliphatic carbocycles. The molecule has 4 aromatic carbocycles. The van der Waals surface area contributed by atoms with E-state index in [4.69, 9.17) is 9.47 Å². The summed E-state index contributed by atoms with van der Waals surface area (Å²) in [6, 6.07) is 19.7. The minimum Gasteiger partial charge on any atom is -0.508 e. The molecule has 3 unspecified atom stereocenters. The van der Waals surface area contributed by atoms with Gasteiger partial charge in [0.15, 0.2) is 11.6 Å². The normalized spacial score (nSPS) is 19.7. The highest BCUT2D eigenvalue weighted by molar-refractivity contribution is 6.06. The number of carbonyl (C=O) groups excluding carboxylic acids is 2. The average molecular weight is 510 g/mol. The number of phenols is 4. The van der Waals surface area contributed by atoms with Gasteiger partial charge in [-0.25, -0.2) is 0 Å². The Bertz CT molecular complexity index is 1570. The Kier molecular flexibility index (Phi) is 5.45. The Morgan fingerprint density at radius 1 is 0.711 bits per heavy atom. The lowest BCUT2D eigenvalue weighted by Crippen LogP contribution is -2.21. The third-order valence-electron chi connectivity index (χ3n) is 6.96. The molecule has 38 heavy (non-hydrogen) atoms. The van der Waals surface area contributed by atoms with E-state index < -0.39 is 23.9 Å². The molecule has 2 heterocycles. The molecular formula is C30H22O8. The summed E-state index contributed by atoms with van der Waals surface area (Å²) in [5.74, 6) is -1.25. The van der Waals surface area contributed by atoms with Crippen LogP contribution in [0.1, 0.15) is 62.0 Å². The van der Waals surface area contributed by atoms with Crippen LogP contribution in [0.3, 0.4) is 0 Å². The van der Waals surface area contributed by atoms with Crippen molar-refractivity contribution in [3.8, 4) is 34.5 Å². The topological polar surface area (TPSA) is 134 Å². The van der Waals surface area contributed by atoms with Gasteiger partial charge in [-0.3, -0.25) is 9.59 Å². The highest BCUT2D eigenvalue weighted by Crippen LogP contribution is 2.52. The predicted octanol–water partition coefficient (Wildman–Crippen LogP) is 5.32. The molecule has 0 saturated carbocycles. The van der Waals surface area contributed by atoms with Crippen LogP contribution in [-0.4, -0.2) is 32.0 Å². The highest BCUT2D eigenvalue weighted by atomic mass is 16.5. The van der Waals surface area contributed by atoms with Crippen molar-refractivity contribution in [3.05, 3.63) is 107 Å². The summed E-state index contributed by atoms with van der Waals surface area (Å²) in [5, 5.41) is 39.5. The van der Waals surface area contributed by atoms with Crippen molar-refractivity contribution in [3.63, 3.8) is 0 Å². The van der Waals surface area contributed by atoms with E-state index in [-0.39, 0.29) is 40.8 Å². The van der Waals surface area contributed by atoms with Crippen molar-refractivity contribution in [1.82, 2.24) is 0 Å². The fourth-order valence-corrected chi connectivity index (χ4v) is 5.05. The van der Waals surface area contributed by atoms with E-state index >= 15 is 0 Å². The van der Waals surface area contributed by atoms with Gasteiger partial charge >= 0.3 is 0 Å². The van der Waals surface area contributed by atoms with E-state index in [0.29, 0.717) is 28.2 Å². The molecule has 8 heteroatoms. The van der Waals surface area contributed by atoms with Crippen molar-refractivity contribution >= 4 is 11.6 Å². The van der Waals surface area contributed by atoms with Gasteiger partial charge in [-0.2, -0.15) is 0 Å². The van der Waals surface area contributed by atoms with Crippen LogP contribution in [0.15, 0.2) is 78.9 Å². The number of Topliss-reactive ketones (excluding diaryl/α,β-unsaturated/α-hetero) is 2. The molecule has 0 fully saturated rings. The van der Waals surface area contributed by atoms with E-state index in [0.717, 1.165) is 11.6 Å². The van der Waals surface area contributed by atoms with Gasteiger partial charge in [-0.1, -0.05) is 24.3 Å². The SMILES string of the molecule is O=C1CC(c2ccc(O)cc2)Oc2cc3c(cc21)C(C(=O)c1ccc(O)cc1O)C(c1ccc(O)cc1)O3. The Morgan fingerprint density at radius 3 is 2.00 bits per heavy atom. The third-order valence-corrected chi connectivity index (χ3v) is 6.96. The molecule has 0 saturated heterocycles. The van der Waals surface area contributed by atoms with Crippen LogP contribution < -0.4 is 9.47 Å². The smallest absolute Gasteiger partial charge is 0.178 e. The molecule has 190 valence electrons. The summed E-state index contributed by atoms with van der Waals surface area (Å²) in [4.78, 5) is 27.0. The Balaban J connectivity index is 1.43. The number of ketones is 2. The maximum absolute atomic E-state index is 13.8. The molecule has 8 nitrogen and oxygen atoms in total. The molecule has 0 spiro atoms. The van der Waals surface area contributed by atoms with Gasteiger partial charge in [-0.15, -0.1) is 0 Å². The van der Waals surface area contributed by atoms with Crippen LogP contribution in [-0.2, 0) is 0 Å². The average Bonchev–Trinajstić information content (AvgIpc) is 3.26. The summed E-state index contributed by atoms with van der Waals surface area (Å²) in [7, 11) is 0. The second-order valence-electron chi connectivity index (χ2n) is 9.38. The Hall–Kier alpha value is -4.98. The first-order chi connectivity index (χ1) is 18.3. The first-order valence-electron chi connectivity index (χ1n) is 12.0. The van der Waals surface area contributed by atoms with Gasteiger partial charge < -0.3 is 29.9 Å². The van der Waals surface area contributed by atoms with Gasteiger partial charge in [0, 0.05) is 17.7 Å². The maximum Gasteiger partial charge on any atom is 0.178 e. The van der Waals surface area contributed by atoms with Crippen LogP contribution in [0.25, 0.3) is 0 Å². The zero-order valence-electron chi connectivity index (χ0n) is 19.9. The maximum atomic E-state index is 13.8. The minimum atomic E-state index is -0.919. The second kappa shape index (κ2) is 8.85. The molecule has 0 bridgehead atoms. The molecule has 0 amide bonds. The largest absolute Gasteiger partial charge is 0.508 e.